The predicted molar refractivity (Wildman–Crippen MR) is 118 cm³/mol. The van der Waals surface area contributed by atoms with E-state index in [1.165, 1.54) is 0 Å². The van der Waals surface area contributed by atoms with Crippen molar-refractivity contribution in [3.8, 4) is 11.8 Å². The molecular formula is C22H21Cl2N5O. The number of nitriles is 1. The molecule has 0 saturated carbocycles. The van der Waals surface area contributed by atoms with E-state index in [0.717, 1.165) is 5.56 Å². The lowest BCUT2D eigenvalue weighted by Crippen LogP contribution is -2.36. The third-order valence-corrected chi connectivity index (χ3v) is 5.25. The zero-order chi connectivity index (χ0) is 21.7. The van der Waals surface area contributed by atoms with Gasteiger partial charge in [0, 0.05) is 25.8 Å². The van der Waals surface area contributed by atoms with Gasteiger partial charge >= 0.3 is 0 Å². The Morgan fingerprint density at radius 2 is 1.90 bits per heavy atom. The molecule has 1 amide bonds. The fourth-order valence-electron chi connectivity index (χ4n) is 2.90. The molecule has 0 aliphatic carbocycles. The van der Waals surface area contributed by atoms with Crippen molar-refractivity contribution in [1.82, 2.24) is 19.6 Å². The van der Waals surface area contributed by atoms with Crippen LogP contribution in [0.4, 0.5) is 0 Å². The van der Waals surface area contributed by atoms with Crippen LogP contribution in [0.15, 0.2) is 54.7 Å². The van der Waals surface area contributed by atoms with Crippen molar-refractivity contribution in [3.05, 3.63) is 81.6 Å². The van der Waals surface area contributed by atoms with Gasteiger partial charge in [-0.1, -0.05) is 35.3 Å². The summed E-state index contributed by atoms with van der Waals surface area (Å²) in [6.45, 7) is 1.63. The van der Waals surface area contributed by atoms with E-state index in [4.69, 9.17) is 28.5 Å². The number of amides is 1. The van der Waals surface area contributed by atoms with Crippen LogP contribution >= 0.6 is 23.2 Å². The Labute approximate surface area is 185 Å². The fourth-order valence-corrected chi connectivity index (χ4v) is 3.20. The lowest BCUT2D eigenvalue weighted by atomic mass is 10.1. The van der Waals surface area contributed by atoms with Crippen LogP contribution < -0.4 is 0 Å². The number of halogens is 2. The molecule has 1 heterocycles. The Bertz CT molecular complexity index is 1090. The van der Waals surface area contributed by atoms with Crippen LogP contribution in [0, 0.1) is 11.3 Å². The monoisotopic (exact) mass is 441 g/mol. The van der Waals surface area contributed by atoms with Gasteiger partial charge in [0.25, 0.3) is 5.91 Å². The van der Waals surface area contributed by atoms with E-state index in [1.807, 2.05) is 31.1 Å². The van der Waals surface area contributed by atoms with E-state index < -0.39 is 0 Å². The summed E-state index contributed by atoms with van der Waals surface area (Å²) in [5, 5.41) is 14.4. The van der Waals surface area contributed by atoms with E-state index in [9.17, 15) is 4.79 Å². The van der Waals surface area contributed by atoms with Crippen molar-refractivity contribution in [1.29, 1.82) is 5.26 Å². The molecule has 0 aliphatic rings. The topological polar surface area (TPSA) is 65.2 Å². The summed E-state index contributed by atoms with van der Waals surface area (Å²) in [6.07, 6.45) is 1.72. The largest absolute Gasteiger partial charge is 0.332 e. The van der Waals surface area contributed by atoms with Gasteiger partial charge in [-0.3, -0.25) is 4.79 Å². The minimum Gasteiger partial charge on any atom is -0.332 e. The molecule has 0 atom stereocenters. The summed E-state index contributed by atoms with van der Waals surface area (Å²) >= 11 is 12.1. The molecule has 0 spiro atoms. The molecule has 0 N–H and O–H groups in total. The number of likely N-dealkylation sites (N-methyl/N-ethyl adjacent to an activating group) is 1. The van der Waals surface area contributed by atoms with Crippen molar-refractivity contribution >= 4 is 29.1 Å². The molecule has 3 aromatic rings. The maximum absolute atomic E-state index is 13.2. The van der Waals surface area contributed by atoms with E-state index in [1.54, 1.807) is 52.2 Å². The van der Waals surface area contributed by atoms with Gasteiger partial charge in [0.05, 0.1) is 27.4 Å². The van der Waals surface area contributed by atoms with Crippen LogP contribution in [0.25, 0.3) is 5.69 Å². The number of hydrogen-bond donors (Lipinski definition) is 0. The first kappa shape index (κ1) is 21.8. The van der Waals surface area contributed by atoms with Crippen molar-refractivity contribution in [2.24, 2.45) is 0 Å². The van der Waals surface area contributed by atoms with E-state index >= 15 is 0 Å². The summed E-state index contributed by atoms with van der Waals surface area (Å²) in [7, 11) is 3.91. The molecule has 0 bridgehead atoms. The molecule has 30 heavy (non-hydrogen) atoms. The average molecular weight is 442 g/mol. The zero-order valence-corrected chi connectivity index (χ0v) is 18.2. The quantitative estimate of drug-likeness (QED) is 0.549. The minimum atomic E-state index is -0.182. The standard InChI is InChI=1S/C22H21Cl2N5O/c1-27(2)10-11-28(15-17-5-3-4-16(12-17)14-25)22(30)21-8-9-29(26-21)18-6-7-19(23)20(24)13-18/h3-9,12-13H,10-11,15H2,1-2H3. The van der Waals surface area contributed by atoms with E-state index in [-0.39, 0.29) is 5.91 Å². The summed E-state index contributed by atoms with van der Waals surface area (Å²) in [4.78, 5) is 16.9. The highest BCUT2D eigenvalue weighted by Crippen LogP contribution is 2.24. The van der Waals surface area contributed by atoms with Gasteiger partial charge in [-0.05, 0) is 56.1 Å². The Morgan fingerprint density at radius 3 is 2.60 bits per heavy atom. The van der Waals surface area contributed by atoms with E-state index in [2.05, 4.69) is 11.2 Å². The maximum Gasteiger partial charge on any atom is 0.274 e. The lowest BCUT2D eigenvalue weighted by Gasteiger charge is -2.24. The van der Waals surface area contributed by atoms with Crippen LogP contribution in [0.2, 0.25) is 10.0 Å². The predicted octanol–water partition coefficient (Wildman–Crippen LogP) is 4.25. The number of carbonyl (C=O) groups is 1. The Balaban J connectivity index is 1.84. The highest BCUT2D eigenvalue weighted by atomic mass is 35.5. The van der Waals surface area contributed by atoms with Crippen molar-refractivity contribution in [3.63, 3.8) is 0 Å². The van der Waals surface area contributed by atoms with Gasteiger partial charge in [0.15, 0.2) is 5.69 Å². The smallest absolute Gasteiger partial charge is 0.274 e. The van der Waals surface area contributed by atoms with Gasteiger partial charge in [-0.15, -0.1) is 0 Å². The molecule has 1 aromatic heterocycles. The number of aromatic nitrogens is 2. The molecule has 3 rings (SSSR count). The maximum atomic E-state index is 13.2. The molecule has 0 unspecified atom stereocenters. The van der Waals surface area contributed by atoms with Gasteiger partial charge < -0.3 is 9.80 Å². The van der Waals surface area contributed by atoms with Gasteiger partial charge in [0.2, 0.25) is 0 Å². The van der Waals surface area contributed by atoms with Crippen LogP contribution in [-0.4, -0.2) is 52.7 Å². The first-order chi connectivity index (χ1) is 14.4. The van der Waals surface area contributed by atoms with Gasteiger partial charge in [-0.25, -0.2) is 4.68 Å². The first-order valence-corrected chi connectivity index (χ1v) is 10.1. The molecule has 6 nitrogen and oxygen atoms in total. The Morgan fingerprint density at radius 1 is 1.10 bits per heavy atom. The van der Waals surface area contributed by atoms with Crippen molar-refractivity contribution < 1.29 is 4.79 Å². The fraction of sp³-hybridized carbons (Fsp3) is 0.227. The Hall–Kier alpha value is -2.85. The molecule has 0 aliphatic heterocycles. The summed E-state index contributed by atoms with van der Waals surface area (Å²) < 4.78 is 1.59. The van der Waals surface area contributed by atoms with Gasteiger partial charge in [0.1, 0.15) is 0 Å². The highest BCUT2D eigenvalue weighted by molar-refractivity contribution is 6.42. The normalized spacial score (nSPS) is 10.8. The third kappa shape index (κ3) is 5.39. The average Bonchev–Trinajstić information content (AvgIpc) is 3.23. The molecule has 154 valence electrons. The zero-order valence-electron chi connectivity index (χ0n) is 16.7. The van der Waals surface area contributed by atoms with Gasteiger partial charge in [-0.2, -0.15) is 10.4 Å². The van der Waals surface area contributed by atoms with Crippen molar-refractivity contribution in [2.75, 3.05) is 27.2 Å². The molecule has 8 heteroatoms. The highest BCUT2D eigenvalue weighted by Gasteiger charge is 2.19. The van der Waals surface area contributed by atoms with Crippen LogP contribution in [0.1, 0.15) is 21.6 Å². The second kappa shape index (κ2) is 9.77. The summed E-state index contributed by atoms with van der Waals surface area (Å²) in [5.74, 6) is -0.182. The molecule has 0 saturated heterocycles. The SMILES string of the molecule is CN(C)CCN(Cc1cccc(C#N)c1)C(=O)c1ccn(-c2ccc(Cl)c(Cl)c2)n1. The number of hydrogen-bond acceptors (Lipinski definition) is 4. The molecule has 0 fully saturated rings. The van der Waals surface area contributed by atoms with Crippen LogP contribution in [-0.2, 0) is 6.54 Å². The number of nitrogens with zero attached hydrogens (tertiary/aromatic N) is 5. The molecule has 0 radical (unpaired) electrons. The first-order valence-electron chi connectivity index (χ1n) is 9.31. The second-order valence-electron chi connectivity index (χ2n) is 7.09. The number of rotatable bonds is 7. The lowest BCUT2D eigenvalue weighted by molar-refractivity contribution is 0.0725. The molecule has 2 aromatic carbocycles. The van der Waals surface area contributed by atoms with Crippen LogP contribution in [0.5, 0.6) is 0 Å². The third-order valence-electron chi connectivity index (χ3n) is 4.51. The van der Waals surface area contributed by atoms with Crippen molar-refractivity contribution in [2.45, 2.75) is 6.54 Å². The van der Waals surface area contributed by atoms with E-state index in [0.29, 0.717) is 46.6 Å². The second-order valence-corrected chi connectivity index (χ2v) is 7.90. The summed E-state index contributed by atoms with van der Waals surface area (Å²) in [5.41, 5.74) is 2.50. The number of carbonyl (C=O) groups excluding carboxylic acids is 1. The van der Waals surface area contributed by atoms with Crippen LogP contribution in [0.3, 0.4) is 0 Å². The Kier molecular flexibility index (Phi) is 7.11. The number of benzene rings is 2. The minimum absolute atomic E-state index is 0.182. The summed E-state index contributed by atoms with van der Waals surface area (Å²) in [6, 6.07) is 16.3. The molecular weight excluding hydrogens is 421 g/mol.